The standard InChI is InChI=1S/C30H40O2S3/c1-3-5-7-9-11-13-15-23-19-25(21-31)33-29(23)27-17-18-28(35-27)30-24(20-26(22-32)34-30)16-14-12-10-8-6-4-2/h17-22H,3-16H2,1-2H3. The van der Waals surface area contributed by atoms with E-state index >= 15 is 0 Å². The maximum absolute atomic E-state index is 11.5. The van der Waals surface area contributed by atoms with Crippen molar-refractivity contribution in [3.8, 4) is 19.5 Å². The third-order valence-electron chi connectivity index (χ3n) is 6.54. The molecule has 0 unspecified atom stereocenters. The number of rotatable bonds is 18. The Labute approximate surface area is 223 Å². The number of aryl methyl sites for hydroxylation is 2. The zero-order valence-electron chi connectivity index (χ0n) is 21.4. The second-order valence-corrected chi connectivity index (χ2v) is 12.7. The summed E-state index contributed by atoms with van der Waals surface area (Å²) in [5, 5.41) is 0. The largest absolute Gasteiger partial charge is 0.297 e. The molecule has 0 radical (unpaired) electrons. The van der Waals surface area contributed by atoms with Crippen LogP contribution in [0.1, 0.15) is 121 Å². The summed E-state index contributed by atoms with van der Waals surface area (Å²) in [4.78, 5) is 29.7. The summed E-state index contributed by atoms with van der Waals surface area (Å²) in [6, 6.07) is 8.61. The molecule has 0 N–H and O–H groups in total. The summed E-state index contributed by atoms with van der Waals surface area (Å²) in [5.41, 5.74) is 2.63. The average Bonchev–Trinajstić information content (AvgIpc) is 3.61. The second-order valence-electron chi connectivity index (χ2n) is 9.44. The van der Waals surface area contributed by atoms with E-state index in [9.17, 15) is 9.59 Å². The van der Waals surface area contributed by atoms with Gasteiger partial charge in [-0.25, -0.2) is 0 Å². The summed E-state index contributed by atoms with van der Waals surface area (Å²) >= 11 is 5.04. The Bertz CT molecular complexity index is 959. The summed E-state index contributed by atoms with van der Waals surface area (Å²) in [6.45, 7) is 4.50. The first-order valence-electron chi connectivity index (χ1n) is 13.5. The SMILES string of the molecule is CCCCCCCCc1cc(C=O)sc1-c1ccc(-c2sc(C=O)cc2CCCCCCCC)s1. The topological polar surface area (TPSA) is 34.1 Å². The first-order valence-corrected chi connectivity index (χ1v) is 15.9. The van der Waals surface area contributed by atoms with E-state index in [0.717, 1.165) is 35.2 Å². The number of hydrogen-bond acceptors (Lipinski definition) is 5. The van der Waals surface area contributed by atoms with Crippen LogP contribution < -0.4 is 0 Å². The molecule has 0 atom stereocenters. The Morgan fingerprint density at radius 2 is 0.971 bits per heavy atom. The van der Waals surface area contributed by atoms with Crippen molar-refractivity contribution in [3.63, 3.8) is 0 Å². The number of hydrogen-bond donors (Lipinski definition) is 0. The predicted molar refractivity (Wildman–Crippen MR) is 156 cm³/mol. The van der Waals surface area contributed by atoms with Gasteiger partial charge in [0, 0.05) is 19.5 Å². The first-order chi connectivity index (χ1) is 17.2. The van der Waals surface area contributed by atoms with E-state index in [1.54, 1.807) is 34.0 Å². The highest BCUT2D eigenvalue weighted by Gasteiger charge is 2.17. The van der Waals surface area contributed by atoms with Crippen LogP contribution in [0, 0.1) is 0 Å². The predicted octanol–water partition coefficient (Wildman–Crippen LogP) is 10.6. The van der Waals surface area contributed by atoms with Crippen molar-refractivity contribution < 1.29 is 9.59 Å². The van der Waals surface area contributed by atoms with Gasteiger partial charge in [0.2, 0.25) is 0 Å². The van der Waals surface area contributed by atoms with Crippen LogP contribution in [0.25, 0.3) is 19.5 Å². The van der Waals surface area contributed by atoms with Gasteiger partial charge in [-0.2, -0.15) is 0 Å². The van der Waals surface area contributed by atoms with E-state index in [4.69, 9.17) is 0 Å². The van der Waals surface area contributed by atoms with Crippen molar-refractivity contribution >= 4 is 46.6 Å². The molecule has 3 rings (SSSR count). The van der Waals surface area contributed by atoms with Gasteiger partial charge in [0.15, 0.2) is 12.6 Å². The van der Waals surface area contributed by atoms with Gasteiger partial charge in [0.1, 0.15) is 0 Å². The van der Waals surface area contributed by atoms with Crippen LogP contribution in [0.3, 0.4) is 0 Å². The van der Waals surface area contributed by atoms with E-state index in [-0.39, 0.29) is 0 Å². The molecule has 3 aromatic rings. The molecule has 5 heteroatoms. The molecule has 0 fully saturated rings. The summed E-state index contributed by atoms with van der Waals surface area (Å²) in [7, 11) is 0. The highest BCUT2D eigenvalue weighted by atomic mass is 32.1. The van der Waals surface area contributed by atoms with E-state index in [2.05, 4.69) is 38.1 Å². The van der Waals surface area contributed by atoms with E-state index in [1.807, 2.05) is 0 Å². The van der Waals surface area contributed by atoms with Crippen molar-refractivity contribution in [1.82, 2.24) is 0 Å². The lowest BCUT2D eigenvalue weighted by Gasteiger charge is -2.04. The highest BCUT2D eigenvalue weighted by Crippen LogP contribution is 2.43. The fourth-order valence-electron chi connectivity index (χ4n) is 4.58. The lowest BCUT2D eigenvalue weighted by atomic mass is 10.0. The molecule has 0 saturated carbocycles. The van der Waals surface area contributed by atoms with Gasteiger partial charge in [-0.15, -0.1) is 34.0 Å². The lowest BCUT2D eigenvalue weighted by molar-refractivity contribution is 0.111. The monoisotopic (exact) mass is 528 g/mol. The molecule has 2 nitrogen and oxygen atoms in total. The third-order valence-corrected chi connectivity index (χ3v) is 10.2. The molecular formula is C30H40O2S3. The van der Waals surface area contributed by atoms with Crippen molar-refractivity contribution in [1.29, 1.82) is 0 Å². The van der Waals surface area contributed by atoms with Crippen LogP contribution in [0.4, 0.5) is 0 Å². The summed E-state index contributed by atoms with van der Waals surface area (Å²) in [6.07, 6.45) is 19.4. The van der Waals surface area contributed by atoms with Crippen molar-refractivity contribution in [2.75, 3.05) is 0 Å². The van der Waals surface area contributed by atoms with Crippen LogP contribution in [-0.4, -0.2) is 12.6 Å². The molecule has 0 aliphatic carbocycles. The molecule has 0 bridgehead atoms. The van der Waals surface area contributed by atoms with Crippen molar-refractivity contribution in [2.45, 2.75) is 104 Å². The quantitative estimate of drug-likeness (QED) is 0.121. The minimum absolute atomic E-state index is 0.819. The maximum atomic E-state index is 11.5. The lowest BCUT2D eigenvalue weighted by Crippen LogP contribution is -1.86. The Hall–Kier alpha value is -1.56. The Morgan fingerprint density at radius 1 is 0.571 bits per heavy atom. The number of unbranched alkanes of at least 4 members (excludes halogenated alkanes) is 10. The molecule has 0 aliphatic rings. The van der Waals surface area contributed by atoms with Crippen LogP contribution in [-0.2, 0) is 12.8 Å². The summed E-state index contributed by atoms with van der Waals surface area (Å²) < 4.78 is 0. The number of carbonyl (C=O) groups excluding carboxylic acids is 2. The minimum atomic E-state index is 0.819. The zero-order valence-corrected chi connectivity index (χ0v) is 23.9. The number of aldehydes is 2. The van der Waals surface area contributed by atoms with Crippen LogP contribution in [0.2, 0.25) is 0 Å². The van der Waals surface area contributed by atoms with Crippen LogP contribution in [0.15, 0.2) is 24.3 Å². The molecule has 0 aromatic carbocycles. The van der Waals surface area contributed by atoms with Gasteiger partial charge >= 0.3 is 0 Å². The maximum Gasteiger partial charge on any atom is 0.160 e. The number of carbonyl (C=O) groups is 2. The van der Waals surface area contributed by atoms with E-state index < -0.39 is 0 Å². The fourth-order valence-corrected chi connectivity index (χ4v) is 7.93. The van der Waals surface area contributed by atoms with E-state index in [1.165, 1.54) is 108 Å². The van der Waals surface area contributed by atoms with Gasteiger partial charge in [-0.05, 0) is 61.1 Å². The van der Waals surface area contributed by atoms with Crippen molar-refractivity contribution in [2.24, 2.45) is 0 Å². The molecule has 0 saturated heterocycles. The third kappa shape index (κ3) is 8.51. The second kappa shape index (κ2) is 15.5. The normalized spacial score (nSPS) is 11.3. The molecular weight excluding hydrogens is 489 g/mol. The first kappa shape index (κ1) is 28.0. The van der Waals surface area contributed by atoms with Crippen LogP contribution in [0.5, 0.6) is 0 Å². The van der Waals surface area contributed by atoms with Gasteiger partial charge in [0.25, 0.3) is 0 Å². The molecule has 3 aromatic heterocycles. The molecule has 0 amide bonds. The smallest absolute Gasteiger partial charge is 0.160 e. The van der Waals surface area contributed by atoms with Crippen molar-refractivity contribution in [3.05, 3.63) is 45.1 Å². The average molecular weight is 529 g/mol. The van der Waals surface area contributed by atoms with Gasteiger partial charge in [0.05, 0.1) is 9.75 Å². The fraction of sp³-hybridized carbons (Fsp3) is 0.533. The Kier molecular flexibility index (Phi) is 12.4. The molecule has 3 heterocycles. The van der Waals surface area contributed by atoms with Gasteiger partial charge in [-0.1, -0.05) is 78.1 Å². The number of thiophene rings is 3. The van der Waals surface area contributed by atoms with Gasteiger partial charge < -0.3 is 0 Å². The zero-order chi connectivity index (χ0) is 24.9. The Morgan fingerprint density at radius 3 is 1.37 bits per heavy atom. The van der Waals surface area contributed by atoms with E-state index in [0.29, 0.717) is 0 Å². The molecule has 0 spiro atoms. The highest BCUT2D eigenvalue weighted by molar-refractivity contribution is 7.27. The minimum Gasteiger partial charge on any atom is -0.297 e. The Balaban J connectivity index is 1.71. The molecule has 35 heavy (non-hydrogen) atoms. The van der Waals surface area contributed by atoms with Gasteiger partial charge in [-0.3, -0.25) is 9.59 Å². The molecule has 0 aliphatic heterocycles. The summed E-state index contributed by atoms with van der Waals surface area (Å²) in [5.74, 6) is 0. The van der Waals surface area contributed by atoms with Crippen LogP contribution >= 0.6 is 34.0 Å². The molecule has 190 valence electrons.